The molecule has 188 valence electrons. The highest BCUT2D eigenvalue weighted by atomic mass is 16.2. The number of aromatic nitrogens is 2. The number of aryl methyl sites for hydroxylation is 2. The number of nitrogens with zero attached hydrogens (tertiary/aromatic N) is 3. The fourth-order valence-electron chi connectivity index (χ4n) is 6.43. The first kappa shape index (κ1) is 25.4. The van der Waals surface area contributed by atoms with E-state index in [1.54, 1.807) is 4.57 Å². The molecule has 0 bridgehead atoms. The van der Waals surface area contributed by atoms with Crippen LogP contribution in [0, 0.1) is 41.4 Å². The maximum atomic E-state index is 13.3. The van der Waals surface area contributed by atoms with Gasteiger partial charge in [0.2, 0.25) is 5.91 Å². The third-order valence-electron chi connectivity index (χ3n) is 9.15. The van der Waals surface area contributed by atoms with Crippen molar-refractivity contribution in [3.63, 3.8) is 0 Å². The summed E-state index contributed by atoms with van der Waals surface area (Å²) in [5.74, 6) is 0.884. The van der Waals surface area contributed by atoms with E-state index >= 15 is 0 Å². The summed E-state index contributed by atoms with van der Waals surface area (Å²) in [6, 6.07) is 6.59. The fourth-order valence-corrected chi connectivity index (χ4v) is 6.43. The minimum atomic E-state index is -0.353. The van der Waals surface area contributed by atoms with Crippen LogP contribution in [0.25, 0.3) is 10.9 Å². The Morgan fingerprint density at radius 3 is 2.74 bits per heavy atom. The number of fused-ring (bicyclic) bond motifs is 1. The highest BCUT2D eigenvalue weighted by molar-refractivity contribution is 5.80. The van der Waals surface area contributed by atoms with Gasteiger partial charge in [-0.1, -0.05) is 20.3 Å². The van der Waals surface area contributed by atoms with Crippen LogP contribution in [-0.2, 0) is 11.8 Å². The number of carbonyl (C=O) groups excluding carboxylic acids is 1. The first-order valence-corrected chi connectivity index (χ1v) is 13.3. The topological polar surface area (TPSA) is 87.8 Å². The van der Waals surface area contributed by atoms with Gasteiger partial charge < -0.3 is 9.88 Å². The molecule has 2 fully saturated rings. The minimum Gasteiger partial charge on any atom is -0.353 e. The molecular weight excluding hydrogens is 436 g/mol. The van der Waals surface area contributed by atoms with Crippen LogP contribution >= 0.6 is 0 Å². The minimum absolute atomic E-state index is 0.0198. The van der Waals surface area contributed by atoms with Crippen LogP contribution < -0.4 is 10.9 Å². The third-order valence-corrected chi connectivity index (χ3v) is 9.15. The molecule has 1 N–H and O–H groups in total. The van der Waals surface area contributed by atoms with Gasteiger partial charge >= 0.3 is 0 Å². The Balaban J connectivity index is 1.50. The van der Waals surface area contributed by atoms with Crippen molar-refractivity contribution in [1.29, 1.82) is 5.26 Å². The lowest BCUT2D eigenvalue weighted by Gasteiger charge is -2.38. The van der Waals surface area contributed by atoms with Gasteiger partial charge in [-0.3, -0.25) is 14.6 Å². The summed E-state index contributed by atoms with van der Waals surface area (Å²) in [5, 5.41) is 14.1. The quantitative estimate of drug-likeness (QED) is 0.628. The van der Waals surface area contributed by atoms with Crippen molar-refractivity contribution in [1.82, 2.24) is 14.9 Å². The lowest BCUT2D eigenvalue weighted by atomic mass is 9.66. The average molecular weight is 477 g/mol. The predicted molar refractivity (Wildman–Crippen MR) is 139 cm³/mol. The molecule has 35 heavy (non-hydrogen) atoms. The zero-order valence-corrected chi connectivity index (χ0v) is 21.9. The summed E-state index contributed by atoms with van der Waals surface area (Å²) < 4.78 is 1.75. The van der Waals surface area contributed by atoms with Crippen molar-refractivity contribution in [3.8, 4) is 6.07 Å². The molecular formula is C29H40N4O2. The van der Waals surface area contributed by atoms with Crippen LogP contribution in [0.1, 0.15) is 89.3 Å². The summed E-state index contributed by atoms with van der Waals surface area (Å²) in [4.78, 5) is 31.1. The van der Waals surface area contributed by atoms with E-state index in [0.29, 0.717) is 5.92 Å². The maximum Gasteiger partial charge on any atom is 0.254 e. The molecule has 2 aliphatic rings. The Bertz CT molecular complexity index is 1200. The van der Waals surface area contributed by atoms with Gasteiger partial charge in [0.05, 0.1) is 17.0 Å². The van der Waals surface area contributed by atoms with E-state index in [1.807, 2.05) is 39.2 Å². The van der Waals surface area contributed by atoms with Crippen molar-refractivity contribution < 1.29 is 4.79 Å². The molecule has 0 saturated heterocycles. The second-order valence-corrected chi connectivity index (χ2v) is 11.4. The molecule has 6 nitrogen and oxygen atoms in total. The van der Waals surface area contributed by atoms with Crippen LogP contribution in [0.4, 0.5) is 0 Å². The molecule has 1 amide bonds. The Morgan fingerprint density at radius 2 is 2.03 bits per heavy atom. The normalized spacial score (nSPS) is 28.7. The van der Waals surface area contributed by atoms with Gasteiger partial charge in [0, 0.05) is 41.8 Å². The van der Waals surface area contributed by atoms with E-state index in [-0.39, 0.29) is 40.7 Å². The van der Waals surface area contributed by atoms with Crippen molar-refractivity contribution in [2.75, 3.05) is 0 Å². The van der Waals surface area contributed by atoms with Crippen LogP contribution in [-0.4, -0.2) is 21.5 Å². The maximum absolute atomic E-state index is 13.3. The number of hydrogen-bond acceptors (Lipinski definition) is 4. The van der Waals surface area contributed by atoms with Gasteiger partial charge in [-0.05, 0) is 88.7 Å². The van der Waals surface area contributed by atoms with Crippen LogP contribution in [0.3, 0.4) is 0 Å². The molecule has 4 rings (SSSR count). The smallest absolute Gasteiger partial charge is 0.254 e. The van der Waals surface area contributed by atoms with E-state index in [1.165, 1.54) is 0 Å². The Morgan fingerprint density at radius 1 is 1.26 bits per heavy atom. The standard InChI is InChI=1S/C29H40N4O2/c1-6-29(4,17-30)22-9-7-8-20(13-22)27(34)32-23-11-10-18(2)24(15-23)25-14-21-16-31-19(3)12-26(21)33(5)28(25)35/h12,14,16,18,20,22-24H,6-11,13,15H2,1-5H3,(H,32,34). The molecule has 2 aliphatic carbocycles. The van der Waals surface area contributed by atoms with Crippen molar-refractivity contribution in [2.45, 2.75) is 91.0 Å². The SMILES string of the molecule is CCC(C)(C#N)C1CCCC(C(=O)NC2CCC(C)C(c3cc4cnc(C)cc4n(C)c3=O)C2)C1. The number of nitrogens with one attached hydrogen (secondary N) is 1. The molecule has 6 heteroatoms. The molecule has 6 atom stereocenters. The molecule has 6 unspecified atom stereocenters. The number of amides is 1. The lowest BCUT2D eigenvalue weighted by Crippen LogP contribution is -2.45. The lowest BCUT2D eigenvalue weighted by molar-refractivity contribution is -0.128. The summed E-state index contributed by atoms with van der Waals surface area (Å²) in [6.45, 7) is 8.28. The summed E-state index contributed by atoms with van der Waals surface area (Å²) in [5.41, 5.74) is 2.34. The number of pyridine rings is 2. The Hall–Kier alpha value is -2.68. The molecule has 2 aromatic rings. The number of carbonyl (C=O) groups is 1. The summed E-state index contributed by atoms with van der Waals surface area (Å²) in [6.07, 6.45) is 9.12. The Labute approximate surface area is 209 Å². The first-order valence-electron chi connectivity index (χ1n) is 13.3. The summed E-state index contributed by atoms with van der Waals surface area (Å²) >= 11 is 0. The van der Waals surface area contributed by atoms with Crippen LogP contribution in [0.2, 0.25) is 0 Å². The zero-order chi connectivity index (χ0) is 25.3. The second-order valence-electron chi connectivity index (χ2n) is 11.4. The van der Waals surface area contributed by atoms with E-state index < -0.39 is 0 Å². The molecule has 0 radical (unpaired) electrons. The van der Waals surface area contributed by atoms with Crippen molar-refractivity contribution in [2.24, 2.45) is 30.2 Å². The van der Waals surface area contributed by atoms with Gasteiger partial charge in [-0.25, -0.2) is 0 Å². The van der Waals surface area contributed by atoms with E-state index in [9.17, 15) is 14.9 Å². The number of nitriles is 1. The second kappa shape index (κ2) is 10.1. The van der Waals surface area contributed by atoms with Gasteiger partial charge in [0.1, 0.15) is 0 Å². The monoisotopic (exact) mass is 476 g/mol. The van der Waals surface area contributed by atoms with E-state index in [0.717, 1.165) is 73.5 Å². The number of rotatable bonds is 5. The zero-order valence-electron chi connectivity index (χ0n) is 21.9. The molecule has 0 spiro atoms. The highest BCUT2D eigenvalue weighted by Gasteiger charge is 2.39. The van der Waals surface area contributed by atoms with Crippen LogP contribution in [0.5, 0.6) is 0 Å². The Kier molecular flexibility index (Phi) is 7.35. The van der Waals surface area contributed by atoms with Gasteiger partial charge in [0.15, 0.2) is 0 Å². The largest absolute Gasteiger partial charge is 0.353 e. The molecule has 2 heterocycles. The predicted octanol–water partition coefficient (Wildman–Crippen LogP) is 5.38. The van der Waals surface area contributed by atoms with E-state index in [2.05, 4.69) is 30.2 Å². The average Bonchev–Trinajstić information content (AvgIpc) is 2.87. The molecule has 0 aromatic carbocycles. The summed E-state index contributed by atoms with van der Waals surface area (Å²) in [7, 11) is 1.84. The highest BCUT2D eigenvalue weighted by Crippen LogP contribution is 2.43. The molecule has 2 aromatic heterocycles. The van der Waals surface area contributed by atoms with Gasteiger partial charge in [-0.15, -0.1) is 0 Å². The van der Waals surface area contributed by atoms with Crippen molar-refractivity contribution >= 4 is 16.8 Å². The fraction of sp³-hybridized carbons (Fsp3) is 0.655. The molecule has 2 saturated carbocycles. The third kappa shape index (κ3) is 5.01. The van der Waals surface area contributed by atoms with Crippen LogP contribution in [0.15, 0.2) is 23.1 Å². The molecule has 0 aliphatic heterocycles. The van der Waals surface area contributed by atoms with Crippen molar-refractivity contribution in [3.05, 3.63) is 39.9 Å². The first-order chi connectivity index (χ1) is 16.7. The van der Waals surface area contributed by atoms with E-state index in [4.69, 9.17) is 0 Å². The van der Waals surface area contributed by atoms with Gasteiger partial charge in [0.25, 0.3) is 5.56 Å². The van der Waals surface area contributed by atoms with Gasteiger partial charge in [-0.2, -0.15) is 5.26 Å². The number of hydrogen-bond donors (Lipinski definition) is 1.